The third-order valence-electron chi connectivity index (χ3n) is 2.46. The number of unbranched alkanes of at least 4 members (excludes halogenated alkanes) is 1. The average Bonchev–Trinajstić information content (AvgIpc) is 2.38. The van der Waals surface area contributed by atoms with Crippen molar-refractivity contribution in [1.82, 2.24) is 0 Å². The van der Waals surface area contributed by atoms with E-state index in [2.05, 4.69) is 0 Å². The molecule has 0 spiro atoms. The molecule has 5 heteroatoms. The van der Waals surface area contributed by atoms with Gasteiger partial charge in [-0.2, -0.15) is 5.26 Å². The smallest absolute Gasteiger partial charge is 0.180 e. The molecule has 98 valence electrons. The quantitative estimate of drug-likeness (QED) is 0.710. The van der Waals surface area contributed by atoms with Gasteiger partial charge in [0.05, 0.1) is 28.9 Å². The van der Waals surface area contributed by atoms with Gasteiger partial charge in [0.25, 0.3) is 0 Å². The van der Waals surface area contributed by atoms with E-state index in [1.165, 1.54) is 12.1 Å². The van der Waals surface area contributed by atoms with Crippen LogP contribution in [0.1, 0.15) is 25.3 Å². The molecule has 0 saturated carbocycles. The maximum atomic E-state index is 11.9. The van der Waals surface area contributed by atoms with Crippen LogP contribution in [-0.4, -0.2) is 27.4 Å². The first-order valence-electron chi connectivity index (χ1n) is 5.91. The number of hydrogen-bond donors (Lipinski definition) is 0. The Hall–Kier alpha value is -1.38. The highest BCUT2D eigenvalue weighted by Crippen LogP contribution is 2.12. The number of benzene rings is 1. The standard InChI is InChI=1S/C13H17NO3S/c1-2-3-7-17-8-9-18(15,16)13-6-4-5-12(10-13)11-14/h4-6,10H,2-3,7-9H2,1H3. The molecule has 18 heavy (non-hydrogen) atoms. The van der Waals surface area contributed by atoms with Crippen LogP contribution in [0.4, 0.5) is 0 Å². The van der Waals surface area contributed by atoms with Crippen molar-refractivity contribution in [2.45, 2.75) is 24.7 Å². The second kappa shape index (κ2) is 7.14. The van der Waals surface area contributed by atoms with Gasteiger partial charge < -0.3 is 4.74 Å². The first kappa shape index (κ1) is 14.7. The fraction of sp³-hybridized carbons (Fsp3) is 0.462. The molecule has 1 aromatic rings. The molecule has 0 atom stereocenters. The lowest BCUT2D eigenvalue weighted by atomic mass is 10.2. The highest BCUT2D eigenvalue weighted by molar-refractivity contribution is 7.91. The van der Waals surface area contributed by atoms with E-state index in [4.69, 9.17) is 10.00 Å². The van der Waals surface area contributed by atoms with Crippen LogP contribution in [0.15, 0.2) is 29.2 Å². The summed E-state index contributed by atoms with van der Waals surface area (Å²) >= 11 is 0. The van der Waals surface area contributed by atoms with Crippen LogP contribution in [0, 0.1) is 11.3 Å². The minimum atomic E-state index is -3.36. The molecule has 0 unspecified atom stereocenters. The molecule has 0 aliphatic rings. The number of sulfone groups is 1. The van der Waals surface area contributed by atoms with Gasteiger partial charge in [0.1, 0.15) is 0 Å². The van der Waals surface area contributed by atoms with Crippen LogP contribution in [0.3, 0.4) is 0 Å². The molecule has 4 nitrogen and oxygen atoms in total. The Bertz CT molecular complexity index is 517. The maximum absolute atomic E-state index is 11.9. The molecular formula is C13H17NO3S. The number of rotatable bonds is 7. The van der Waals surface area contributed by atoms with Crippen molar-refractivity contribution in [3.63, 3.8) is 0 Å². The number of hydrogen-bond acceptors (Lipinski definition) is 4. The topological polar surface area (TPSA) is 67.2 Å². The molecule has 1 aromatic carbocycles. The predicted molar refractivity (Wildman–Crippen MR) is 68.9 cm³/mol. The van der Waals surface area contributed by atoms with Crippen molar-refractivity contribution in [2.24, 2.45) is 0 Å². The Morgan fingerprint density at radius 3 is 2.78 bits per heavy atom. The lowest BCUT2D eigenvalue weighted by molar-refractivity contribution is 0.146. The predicted octanol–water partition coefficient (Wildman–Crippen LogP) is 2.15. The SMILES string of the molecule is CCCCOCCS(=O)(=O)c1cccc(C#N)c1. The van der Waals surface area contributed by atoms with Gasteiger partial charge in [0.15, 0.2) is 9.84 Å². The Labute approximate surface area is 108 Å². The van der Waals surface area contributed by atoms with Crippen molar-refractivity contribution in [3.05, 3.63) is 29.8 Å². The summed E-state index contributed by atoms with van der Waals surface area (Å²) in [5.74, 6) is -0.0500. The zero-order valence-electron chi connectivity index (χ0n) is 10.4. The fourth-order valence-corrected chi connectivity index (χ4v) is 2.56. The van der Waals surface area contributed by atoms with Crippen LogP contribution in [0.5, 0.6) is 0 Å². The summed E-state index contributed by atoms with van der Waals surface area (Å²) in [6.45, 7) is 2.83. The molecular weight excluding hydrogens is 250 g/mol. The third-order valence-corrected chi connectivity index (χ3v) is 4.14. The van der Waals surface area contributed by atoms with Crippen LogP contribution in [-0.2, 0) is 14.6 Å². The minimum Gasteiger partial charge on any atom is -0.380 e. The molecule has 0 amide bonds. The lowest BCUT2D eigenvalue weighted by Crippen LogP contribution is -2.13. The largest absolute Gasteiger partial charge is 0.380 e. The fourth-order valence-electron chi connectivity index (χ4n) is 1.39. The van der Waals surface area contributed by atoms with Gasteiger partial charge in [-0.15, -0.1) is 0 Å². The van der Waals surface area contributed by atoms with E-state index < -0.39 is 9.84 Å². The summed E-state index contributed by atoms with van der Waals surface area (Å²) in [7, 11) is -3.36. The minimum absolute atomic E-state index is 0.0500. The summed E-state index contributed by atoms with van der Waals surface area (Å²) in [5, 5.41) is 8.73. The Balaban J connectivity index is 2.60. The number of nitriles is 1. The number of ether oxygens (including phenoxy) is 1. The normalized spacial score (nSPS) is 11.1. The monoisotopic (exact) mass is 267 g/mol. The second-order valence-corrected chi connectivity index (χ2v) is 6.03. The Morgan fingerprint density at radius 1 is 1.33 bits per heavy atom. The third kappa shape index (κ3) is 4.47. The molecule has 0 aromatic heterocycles. The maximum Gasteiger partial charge on any atom is 0.180 e. The summed E-state index contributed by atoms with van der Waals surface area (Å²) in [6, 6.07) is 7.97. The average molecular weight is 267 g/mol. The highest BCUT2D eigenvalue weighted by atomic mass is 32.2. The molecule has 0 saturated heterocycles. The molecule has 0 N–H and O–H groups in total. The van der Waals surface area contributed by atoms with Gasteiger partial charge in [-0.1, -0.05) is 19.4 Å². The van der Waals surface area contributed by atoms with Crippen molar-refractivity contribution >= 4 is 9.84 Å². The molecule has 0 aliphatic carbocycles. The molecule has 0 fully saturated rings. The van der Waals surface area contributed by atoms with Crippen molar-refractivity contribution in [1.29, 1.82) is 5.26 Å². The van der Waals surface area contributed by atoms with Crippen LogP contribution in [0.25, 0.3) is 0 Å². The van der Waals surface area contributed by atoms with Crippen molar-refractivity contribution < 1.29 is 13.2 Å². The molecule has 0 radical (unpaired) electrons. The zero-order valence-corrected chi connectivity index (χ0v) is 11.2. The second-order valence-electron chi connectivity index (χ2n) is 3.92. The van der Waals surface area contributed by atoms with Gasteiger partial charge in [-0.05, 0) is 24.6 Å². The first-order valence-corrected chi connectivity index (χ1v) is 7.56. The Kier molecular flexibility index (Phi) is 5.83. The summed E-state index contributed by atoms with van der Waals surface area (Å²) in [5.41, 5.74) is 0.350. The van der Waals surface area contributed by atoms with E-state index in [0.717, 1.165) is 12.8 Å². The van der Waals surface area contributed by atoms with Crippen molar-refractivity contribution in [3.8, 4) is 6.07 Å². The van der Waals surface area contributed by atoms with Crippen LogP contribution >= 0.6 is 0 Å². The van der Waals surface area contributed by atoms with Gasteiger partial charge in [-0.25, -0.2) is 8.42 Å². The molecule has 0 aliphatic heterocycles. The number of nitrogens with zero attached hydrogens (tertiary/aromatic N) is 1. The van der Waals surface area contributed by atoms with Crippen LogP contribution < -0.4 is 0 Å². The van der Waals surface area contributed by atoms with Crippen molar-refractivity contribution in [2.75, 3.05) is 19.0 Å². The van der Waals surface area contributed by atoms with E-state index in [-0.39, 0.29) is 17.3 Å². The van der Waals surface area contributed by atoms with Gasteiger partial charge in [-0.3, -0.25) is 0 Å². The summed E-state index contributed by atoms with van der Waals surface area (Å²) < 4.78 is 29.1. The van der Waals surface area contributed by atoms with E-state index >= 15 is 0 Å². The van der Waals surface area contributed by atoms with E-state index in [1.54, 1.807) is 12.1 Å². The molecule has 0 bridgehead atoms. The summed E-state index contributed by atoms with van der Waals surface area (Å²) in [6.07, 6.45) is 1.96. The molecule has 0 heterocycles. The van der Waals surface area contributed by atoms with E-state index in [0.29, 0.717) is 12.2 Å². The zero-order chi connectivity index (χ0) is 13.4. The van der Waals surface area contributed by atoms with Gasteiger partial charge >= 0.3 is 0 Å². The van der Waals surface area contributed by atoms with Gasteiger partial charge in [0, 0.05) is 6.61 Å². The van der Waals surface area contributed by atoms with Gasteiger partial charge in [0.2, 0.25) is 0 Å². The van der Waals surface area contributed by atoms with E-state index in [1.807, 2.05) is 13.0 Å². The molecule has 1 rings (SSSR count). The van der Waals surface area contributed by atoms with Crippen LogP contribution in [0.2, 0.25) is 0 Å². The summed E-state index contributed by atoms with van der Waals surface area (Å²) in [4.78, 5) is 0.181. The Morgan fingerprint density at radius 2 is 2.11 bits per heavy atom. The first-order chi connectivity index (χ1) is 8.60. The van der Waals surface area contributed by atoms with E-state index in [9.17, 15) is 8.42 Å². The lowest BCUT2D eigenvalue weighted by Gasteiger charge is -2.05. The highest BCUT2D eigenvalue weighted by Gasteiger charge is 2.14.